The normalized spacial score (nSPS) is 16.5. The van der Waals surface area contributed by atoms with Crippen LogP contribution in [0.2, 0.25) is 0 Å². The maximum absolute atomic E-state index is 12.7. The van der Waals surface area contributed by atoms with Gasteiger partial charge >= 0.3 is 12.0 Å². The number of benzene rings is 2. The standard InChI is InChI=1S/C23H29N3O3/c1-25(16-14-18-7-4-3-5-8-18)21-9-6-15-26(17-21)23(28)24-20-12-10-19(11-13-20)22(27)29-2/h3-5,7-8,10-13,21H,6,9,14-17H2,1-2H3,(H,24,28). The van der Waals surface area contributed by atoms with Crippen LogP contribution in [0, 0.1) is 0 Å². The number of carbonyl (C=O) groups excluding carboxylic acids is 2. The maximum atomic E-state index is 12.7. The zero-order valence-electron chi connectivity index (χ0n) is 17.1. The molecule has 3 rings (SSSR count). The van der Waals surface area contributed by atoms with E-state index >= 15 is 0 Å². The Morgan fingerprint density at radius 3 is 2.55 bits per heavy atom. The van der Waals surface area contributed by atoms with Gasteiger partial charge in [-0.2, -0.15) is 0 Å². The molecule has 1 atom stereocenters. The van der Waals surface area contributed by atoms with Crippen molar-refractivity contribution >= 4 is 17.7 Å². The summed E-state index contributed by atoms with van der Waals surface area (Å²) in [4.78, 5) is 28.4. The predicted octanol–water partition coefficient (Wildman–Crippen LogP) is 3.64. The molecule has 6 nitrogen and oxygen atoms in total. The number of hydrogen-bond donors (Lipinski definition) is 1. The number of likely N-dealkylation sites (N-methyl/N-ethyl adjacent to an activating group) is 1. The van der Waals surface area contributed by atoms with Gasteiger partial charge in [0.15, 0.2) is 0 Å². The van der Waals surface area contributed by atoms with Gasteiger partial charge in [0.1, 0.15) is 0 Å². The van der Waals surface area contributed by atoms with Crippen molar-refractivity contribution in [1.29, 1.82) is 0 Å². The lowest BCUT2D eigenvalue weighted by molar-refractivity contribution is 0.0600. The summed E-state index contributed by atoms with van der Waals surface area (Å²) in [5.74, 6) is -0.389. The van der Waals surface area contributed by atoms with E-state index in [0.29, 0.717) is 17.3 Å². The van der Waals surface area contributed by atoms with Crippen molar-refractivity contribution in [2.24, 2.45) is 0 Å². The molecule has 154 valence electrons. The summed E-state index contributed by atoms with van der Waals surface area (Å²) < 4.78 is 4.70. The fourth-order valence-corrected chi connectivity index (χ4v) is 3.64. The molecule has 0 aliphatic carbocycles. The lowest BCUT2D eigenvalue weighted by atomic mass is 10.0. The smallest absolute Gasteiger partial charge is 0.337 e. The molecule has 29 heavy (non-hydrogen) atoms. The van der Waals surface area contributed by atoms with Crippen LogP contribution in [0.3, 0.4) is 0 Å². The number of methoxy groups -OCH3 is 1. The molecule has 1 N–H and O–H groups in total. The van der Waals surface area contributed by atoms with Gasteiger partial charge in [0.2, 0.25) is 0 Å². The molecule has 0 radical (unpaired) electrons. The van der Waals surface area contributed by atoms with Gasteiger partial charge in [-0.15, -0.1) is 0 Å². The third-order valence-electron chi connectivity index (χ3n) is 5.46. The van der Waals surface area contributed by atoms with Crippen LogP contribution in [0.15, 0.2) is 54.6 Å². The Morgan fingerprint density at radius 2 is 1.86 bits per heavy atom. The topological polar surface area (TPSA) is 61.9 Å². The van der Waals surface area contributed by atoms with E-state index in [2.05, 4.69) is 41.5 Å². The lowest BCUT2D eigenvalue weighted by Crippen LogP contribution is -2.50. The fourth-order valence-electron chi connectivity index (χ4n) is 3.64. The molecular weight excluding hydrogens is 366 g/mol. The lowest BCUT2D eigenvalue weighted by Gasteiger charge is -2.37. The number of amides is 2. The Morgan fingerprint density at radius 1 is 1.14 bits per heavy atom. The number of piperidine rings is 1. The summed E-state index contributed by atoms with van der Waals surface area (Å²) in [6.45, 7) is 2.45. The number of urea groups is 1. The Labute approximate surface area is 172 Å². The van der Waals surface area contributed by atoms with Crippen LogP contribution in [0.25, 0.3) is 0 Å². The van der Waals surface area contributed by atoms with Gasteiger partial charge in [-0.05, 0) is 56.1 Å². The van der Waals surface area contributed by atoms with E-state index in [0.717, 1.165) is 38.9 Å². The molecule has 2 aromatic rings. The minimum Gasteiger partial charge on any atom is -0.465 e. The highest BCUT2D eigenvalue weighted by Gasteiger charge is 2.26. The summed E-state index contributed by atoms with van der Waals surface area (Å²) in [7, 11) is 3.49. The summed E-state index contributed by atoms with van der Waals surface area (Å²) in [5.41, 5.74) is 2.46. The number of hydrogen-bond acceptors (Lipinski definition) is 4. The number of likely N-dealkylation sites (tertiary alicyclic amines) is 1. The molecule has 0 aromatic heterocycles. The SMILES string of the molecule is COC(=O)c1ccc(NC(=O)N2CCCC(N(C)CCc3ccccc3)C2)cc1. The van der Waals surface area contributed by atoms with Gasteiger partial charge in [-0.3, -0.25) is 0 Å². The quantitative estimate of drug-likeness (QED) is 0.759. The van der Waals surface area contributed by atoms with Gasteiger partial charge in [0, 0.05) is 31.4 Å². The first kappa shape index (κ1) is 20.9. The van der Waals surface area contributed by atoms with Gasteiger partial charge in [0.25, 0.3) is 0 Å². The summed E-state index contributed by atoms with van der Waals surface area (Å²) in [6, 6.07) is 17.5. The summed E-state index contributed by atoms with van der Waals surface area (Å²) >= 11 is 0. The highest BCUT2D eigenvalue weighted by molar-refractivity contribution is 5.92. The molecule has 1 aliphatic heterocycles. The average molecular weight is 396 g/mol. The largest absolute Gasteiger partial charge is 0.465 e. The Balaban J connectivity index is 1.51. The zero-order chi connectivity index (χ0) is 20.6. The highest BCUT2D eigenvalue weighted by Crippen LogP contribution is 2.18. The first-order chi connectivity index (χ1) is 14.1. The predicted molar refractivity (Wildman–Crippen MR) is 114 cm³/mol. The van der Waals surface area contributed by atoms with Crippen LogP contribution in [0.4, 0.5) is 10.5 Å². The Hall–Kier alpha value is -2.86. The van der Waals surface area contributed by atoms with Crippen LogP contribution < -0.4 is 5.32 Å². The molecule has 2 aromatic carbocycles. The van der Waals surface area contributed by atoms with Gasteiger partial charge < -0.3 is 19.9 Å². The molecule has 1 aliphatic rings. The molecule has 1 unspecified atom stereocenters. The minimum absolute atomic E-state index is 0.100. The molecule has 0 saturated carbocycles. The zero-order valence-corrected chi connectivity index (χ0v) is 17.1. The van der Waals surface area contributed by atoms with Crippen molar-refractivity contribution in [1.82, 2.24) is 9.80 Å². The monoisotopic (exact) mass is 395 g/mol. The molecule has 1 heterocycles. The molecular formula is C23H29N3O3. The number of nitrogens with zero attached hydrogens (tertiary/aromatic N) is 2. The van der Waals surface area contributed by atoms with Crippen LogP contribution in [0.5, 0.6) is 0 Å². The second-order valence-corrected chi connectivity index (χ2v) is 7.46. The van der Waals surface area contributed by atoms with E-state index < -0.39 is 0 Å². The van der Waals surface area contributed by atoms with Crippen LogP contribution in [-0.2, 0) is 11.2 Å². The molecule has 1 fully saturated rings. The fraction of sp³-hybridized carbons (Fsp3) is 0.391. The second kappa shape index (κ2) is 10.1. The molecule has 1 saturated heterocycles. The summed E-state index contributed by atoms with van der Waals surface area (Å²) in [6.07, 6.45) is 3.10. The van der Waals surface area contributed by atoms with Crippen molar-refractivity contribution in [2.45, 2.75) is 25.3 Å². The van der Waals surface area contributed by atoms with Crippen molar-refractivity contribution in [3.8, 4) is 0 Å². The molecule has 0 bridgehead atoms. The first-order valence-corrected chi connectivity index (χ1v) is 10.1. The van der Waals surface area contributed by atoms with Crippen molar-refractivity contribution in [3.63, 3.8) is 0 Å². The van der Waals surface area contributed by atoms with E-state index in [9.17, 15) is 9.59 Å². The van der Waals surface area contributed by atoms with Gasteiger partial charge in [-0.25, -0.2) is 9.59 Å². The Bertz CT molecular complexity index is 808. The number of carbonyl (C=O) groups is 2. The van der Waals surface area contributed by atoms with Crippen molar-refractivity contribution < 1.29 is 14.3 Å². The minimum atomic E-state index is -0.389. The van der Waals surface area contributed by atoms with E-state index in [1.165, 1.54) is 12.7 Å². The average Bonchev–Trinajstić information content (AvgIpc) is 2.78. The first-order valence-electron chi connectivity index (χ1n) is 10.1. The third-order valence-corrected chi connectivity index (χ3v) is 5.46. The second-order valence-electron chi connectivity index (χ2n) is 7.46. The van der Waals surface area contributed by atoms with Crippen LogP contribution in [-0.4, -0.2) is 61.6 Å². The number of nitrogens with one attached hydrogen (secondary N) is 1. The third kappa shape index (κ3) is 5.81. The molecule has 6 heteroatoms. The number of rotatable bonds is 6. The number of esters is 1. The number of anilines is 1. The molecule has 0 spiro atoms. The van der Waals surface area contributed by atoms with E-state index in [4.69, 9.17) is 4.74 Å². The van der Waals surface area contributed by atoms with E-state index in [-0.39, 0.29) is 12.0 Å². The number of ether oxygens (including phenoxy) is 1. The van der Waals surface area contributed by atoms with Crippen LogP contribution >= 0.6 is 0 Å². The summed E-state index contributed by atoms with van der Waals surface area (Å²) in [5, 5.41) is 2.93. The Kier molecular flexibility index (Phi) is 7.25. The van der Waals surface area contributed by atoms with E-state index in [1.54, 1.807) is 24.3 Å². The molecule has 2 amide bonds. The maximum Gasteiger partial charge on any atom is 0.337 e. The van der Waals surface area contributed by atoms with Crippen LogP contribution in [0.1, 0.15) is 28.8 Å². The van der Waals surface area contributed by atoms with Crippen molar-refractivity contribution in [2.75, 3.05) is 39.1 Å². The highest BCUT2D eigenvalue weighted by atomic mass is 16.5. The van der Waals surface area contributed by atoms with Crippen molar-refractivity contribution in [3.05, 3.63) is 65.7 Å². The van der Waals surface area contributed by atoms with Gasteiger partial charge in [0.05, 0.1) is 12.7 Å². The van der Waals surface area contributed by atoms with E-state index in [1.807, 2.05) is 11.0 Å². The van der Waals surface area contributed by atoms with Gasteiger partial charge in [-0.1, -0.05) is 30.3 Å².